The molecule has 1 saturated carbocycles. The first-order chi connectivity index (χ1) is 10.8. The van der Waals surface area contributed by atoms with E-state index >= 15 is 0 Å². The van der Waals surface area contributed by atoms with Gasteiger partial charge in [-0.3, -0.25) is 4.99 Å². The smallest absolute Gasteiger partial charge is 0.191 e. The van der Waals surface area contributed by atoms with Gasteiger partial charge in [-0.15, -0.1) is 24.0 Å². The third kappa shape index (κ3) is 14.0. The highest BCUT2D eigenvalue weighted by molar-refractivity contribution is 14.0. The molecule has 2 N–H and O–H groups in total. The predicted octanol–water partition coefficient (Wildman–Crippen LogP) is 1.55. The van der Waals surface area contributed by atoms with Gasteiger partial charge in [-0.25, -0.2) is 0 Å². The van der Waals surface area contributed by atoms with Gasteiger partial charge < -0.3 is 25.0 Å². The number of rotatable bonds is 13. The van der Waals surface area contributed by atoms with Gasteiger partial charge in [-0.1, -0.05) is 0 Å². The van der Waals surface area contributed by atoms with E-state index < -0.39 is 0 Å². The van der Waals surface area contributed by atoms with Crippen LogP contribution in [-0.2, 0) is 9.47 Å². The normalized spacial score (nSPS) is 14.7. The monoisotopic (exact) mass is 442 g/mol. The first-order valence-corrected chi connectivity index (χ1v) is 8.53. The number of nitrogens with zero attached hydrogens (tertiary/aromatic N) is 2. The highest BCUT2D eigenvalue weighted by Crippen LogP contribution is 2.28. The molecule has 0 aromatic carbocycles. The molecule has 0 aromatic rings. The molecule has 0 atom stereocenters. The number of hydrogen-bond acceptors (Lipinski definition) is 4. The summed E-state index contributed by atoms with van der Waals surface area (Å²) in [5.41, 5.74) is 0. The summed E-state index contributed by atoms with van der Waals surface area (Å²) in [6.45, 7) is 9.09. The minimum atomic E-state index is 0. The van der Waals surface area contributed by atoms with E-state index in [9.17, 15) is 0 Å². The molecule has 0 radical (unpaired) electrons. The van der Waals surface area contributed by atoms with Crippen molar-refractivity contribution in [2.75, 3.05) is 66.7 Å². The zero-order chi connectivity index (χ0) is 16.0. The SMILES string of the molecule is CCNC(=NCCCOCC1CC1)NCCN(C)CCOC.I. The van der Waals surface area contributed by atoms with Crippen LogP contribution < -0.4 is 10.6 Å². The number of methoxy groups -OCH3 is 1. The quantitative estimate of drug-likeness (QED) is 0.196. The van der Waals surface area contributed by atoms with Crippen LogP contribution in [0.2, 0.25) is 0 Å². The number of aliphatic imine (C=N–C) groups is 1. The molecule has 0 aliphatic heterocycles. The Morgan fingerprint density at radius 2 is 2.00 bits per heavy atom. The van der Waals surface area contributed by atoms with Crippen molar-refractivity contribution in [1.29, 1.82) is 0 Å². The predicted molar refractivity (Wildman–Crippen MR) is 107 cm³/mol. The van der Waals surface area contributed by atoms with Gasteiger partial charge >= 0.3 is 0 Å². The van der Waals surface area contributed by atoms with Crippen LogP contribution in [0, 0.1) is 5.92 Å². The summed E-state index contributed by atoms with van der Waals surface area (Å²) in [7, 11) is 3.83. The minimum absolute atomic E-state index is 0. The van der Waals surface area contributed by atoms with E-state index in [1.54, 1.807) is 7.11 Å². The van der Waals surface area contributed by atoms with E-state index in [1.807, 2.05) is 0 Å². The number of likely N-dealkylation sites (N-methyl/N-ethyl adjacent to an activating group) is 1. The van der Waals surface area contributed by atoms with Crippen LogP contribution in [0.5, 0.6) is 0 Å². The second-order valence-electron chi connectivity index (χ2n) is 5.86. The van der Waals surface area contributed by atoms with Gasteiger partial charge in [0.1, 0.15) is 0 Å². The molecular weight excluding hydrogens is 407 g/mol. The molecule has 6 nitrogen and oxygen atoms in total. The fraction of sp³-hybridized carbons (Fsp3) is 0.938. The Morgan fingerprint density at radius 1 is 1.22 bits per heavy atom. The van der Waals surface area contributed by atoms with E-state index in [0.717, 1.165) is 70.8 Å². The second kappa shape index (κ2) is 15.4. The van der Waals surface area contributed by atoms with E-state index in [-0.39, 0.29) is 24.0 Å². The van der Waals surface area contributed by atoms with Crippen LogP contribution in [0.15, 0.2) is 4.99 Å². The van der Waals surface area contributed by atoms with Crippen LogP contribution in [0.1, 0.15) is 26.2 Å². The number of nitrogens with one attached hydrogen (secondary N) is 2. The molecule has 0 heterocycles. The van der Waals surface area contributed by atoms with Crippen molar-refractivity contribution in [2.24, 2.45) is 10.9 Å². The number of hydrogen-bond donors (Lipinski definition) is 2. The van der Waals surface area contributed by atoms with Crippen molar-refractivity contribution in [3.05, 3.63) is 0 Å². The van der Waals surface area contributed by atoms with Crippen molar-refractivity contribution < 1.29 is 9.47 Å². The number of guanidine groups is 1. The molecule has 1 aliphatic rings. The third-order valence-corrected chi connectivity index (χ3v) is 3.57. The lowest BCUT2D eigenvalue weighted by atomic mass is 10.4. The first-order valence-electron chi connectivity index (χ1n) is 8.53. The van der Waals surface area contributed by atoms with Crippen molar-refractivity contribution >= 4 is 29.9 Å². The average Bonchev–Trinajstić information content (AvgIpc) is 3.32. The van der Waals surface area contributed by atoms with Crippen LogP contribution >= 0.6 is 24.0 Å². The van der Waals surface area contributed by atoms with Crippen LogP contribution in [0.4, 0.5) is 0 Å². The van der Waals surface area contributed by atoms with Gasteiger partial charge in [-0.2, -0.15) is 0 Å². The third-order valence-electron chi connectivity index (χ3n) is 3.57. The highest BCUT2D eigenvalue weighted by atomic mass is 127. The molecule has 138 valence electrons. The zero-order valence-electron chi connectivity index (χ0n) is 15.0. The lowest BCUT2D eigenvalue weighted by Crippen LogP contribution is -2.41. The Morgan fingerprint density at radius 3 is 2.65 bits per heavy atom. The van der Waals surface area contributed by atoms with Crippen LogP contribution in [0.3, 0.4) is 0 Å². The van der Waals surface area contributed by atoms with Gasteiger partial charge in [0.15, 0.2) is 5.96 Å². The molecule has 23 heavy (non-hydrogen) atoms. The maximum absolute atomic E-state index is 5.62. The van der Waals surface area contributed by atoms with Gasteiger partial charge in [0.05, 0.1) is 6.61 Å². The highest BCUT2D eigenvalue weighted by Gasteiger charge is 2.20. The summed E-state index contributed by atoms with van der Waals surface area (Å²) in [6.07, 6.45) is 3.69. The Bertz CT molecular complexity index is 302. The Labute approximate surface area is 158 Å². The standard InChI is InChI=1S/C16H34N4O2.HI/c1-4-17-16(19-9-10-20(2)11-13-21-3)18-8-5-12-22-14-15-6-7-15;/h15H,4-14H2,1-3H3,(H2,17,18,19);1H. The average molecular weight is 442 g/mol. The number of halogens is 1. The Hall–Kier alpha value is -0.120. The molecule has 0 amide bonds. The molecule has 1 fully saturated rings. The molecule has 7 heteroatoms. The topological polar surface area (TPSA) is 58.1 Å². The molecule has 0 aromatic heterocycles. The Balaban J connectivity index is 0.00000484. The van der Waals surface area contributed by atoms with Crippen molar-refractivity contribution in [3.63, 3.8) is 0 Å². The van der Waals surface area contributed by atoms with Gasteiger partial charge in [0.2, 0.25) is 0 Å². The fourth-order valence-corrected chi connectivity index (χ4v) is 1.96. The molecular formula is C16H35IN4O2. The summed E-state index contributed by atoms with van der Waals surface area (Å²) in [4.78, 5) is 6.82. The summed E-state index contributed by atoms with van der Waals surface area (Å²) in [5.74, 6) is 1.74. The van der Waals surface area contributed by atoms with E-state index in [0.29, 0.717) is 0 Å². The summed E-state index contributed by atoms with van der Waals surface area (Å²) >= 11 is 0. The summed E-state index contributed by atoms with van der Waals surface area (Å²) in [5, 5.41) is 6.64. The molecule has 1 rings (SSSR count). The van der Waals surface area contributed by atoms with Crippen LogP contribution in [0.25, 0.3) is 0 Å². The van der Waals surface area contributed by atoms with E-state index in [4.69, 9.17) is 9.47 Å². The maximum Gasteiger partial charge on any atom is 0.191 e. The van der Waals surface area contributed by atoms with Gasteiger partial charge in [-0.05, 0) is 39.2 Å². The first kappa shape index (κ1) is 22.9. The van der Waals surface area contributed by atoms with E-state index in [1.165, 1.54) is 12.8 Å². The summed E-state index contributed by atoms with van der Waals surface area (Å²) in [6, 6.07) is 0. The van der Waals surface area contributed by atoms with Crippen LogP contribution in [-0.4, -0.2) is 77.6 Å². The maximum atomic E-state index is 5.62. The Kier molecular flexibility index (Phi) is 15.3. The molecule has 0 spiro atoms. The lowest BCUT2D eigenvalue weighted by molar-refractivity contribution is 0.123. The van der Waals surface area contributed by atoms with Crippen molar-refractivity contribution in [3.8, 4) is 0 Å². The molecule has 0 saturated heterocycles. The van der Waals surface area contributed by atoms with Crippen molar-refractivity contribution in [1.82, 2.24) is 15.5 Å². The lowest BCUT2D eigenvalue weighted by Gasteiger charge is -2.17. The fourth-order valence-electron chi connectivity index (χ4n) is 1.96. The molecule has 1 aliphatic carbocycles. The minimum Gasteiger partial charge on any atom is -0.383 e. The zero-order valence-corrected chi connectivity index (χ0v) is 17.3. The number of ether oxygens (including phenoxy) is 2. The van der Waals surface area contributed by atoms with Gasteiger partial charge in [0.25, 0.3) is 0 Å². The molecule has 0 bridgehead atoms. The van der Waals surface area contributed by atoms with E-state index in [2.05, 4.69) is 34.5 Å². The second-order valence-corrected chi connectivity index (χ2v) is 5.86. The van der Waals surface area contributed by atoms with Crippen molar-refractivity contribution in [2.45, 2.75) is 26.2 Å². The molecule has 0 unspecified atom stereocenters. The largest absolute Gasteiger partial charge is 0.383 e. The van der Waals surface area contributed by atoms with Gasteiger partial charge in [0, 0.05) is 53.0 Å². The summed E-state index contributed by atoms with van der Waals surface area (Å²) < 4.78 is 10.7.